The number of amidine groups is 1. The van der Waals surface area contributed by atoms with E-state index >= 15 is 0 Å². The summed E-state index contributed by atoms with van der Waals surface area (Å²) in [6.07, 6.45) is 6.21. The van der Waals surface area contributed by atoms with E-state index in [1.54, 1.807) is 13.2 Å². The molecule has 0 saturated carbocycles. The summed E-state index contributed by atoms with van der Waals surface area (Å²) in [5.41, 5.74) is 3.39. The Labute approximate surface area is 274 Å². The molecule has 1 fully saturated rings. The van der Waals surface area contributed by atoms with Gasteiger partial charge in [-0.3, -0.25) is 9.69 Å². The second kappa shape index (κ2) is 14.9. The van der Waals surface area contributed by atoms with E-state index in [-0.39, 0.29) is 29.2 Å². The number of thioether (sulfide) groups is 1. The van der Waals surface area contributed by atoms with Crippen LogP contribution in [0.2, 0.25) is 0 Å². The largest absolute Gasteiger partial charge is 0.573 e. The maximum absolute atomic E-state index is 12.8. The number of ether oxygens (including phenoxy) is 2. The third-order valence-electron chi connectivity index (χ3n) is 7.58. The number of alkyl halides is 3. The van der Waals surface area contributed by atoms with Gasteiger partial charge in [-0.1, -0.05) is 55.5 Å². The van der Waals surface area contributed by atoms with Crippen LogP contribution in [-0.2, 0) is 4.79 Å². The maximum atomic E-state index is 12.8. The zero-order valence-corrected chi connectivity index (χ0v) is 27.0. The lowest BCUT2D eigenvalue weighted by molar-refractivity contribution is -0.274. The summed E-state index contributed by atoms with van der Waals surface area (Å²) in [6.45, 7) is 4.54. The van der Waals surface area contributed by atoms with Crippen LogP contribution in [0.4, 0.5) is 23.7 Å². The number of hydrogen-bond acceptors (Lipinski definition) is 7. The van der Waals surface area contributed by atoms with Crippen LogP contribution in [0, 0.1) is 0 Å². The fraction of sp³-hybridized carbons (Fsp3) is 0.364. The molecule has 0 radical (unpaired) electrons. The van der Waals surface area contributed by atoms with Crippen molar-refractivity contribution >= 4 is 34.6 Å². The molecule has 1 aliphatic heterocycles. The van der Waals surface area contributed by atoms with E-state index in [1.807, 2.05) is 32.1 Å². The zero-order valence-electron chi connectivity index (χ0n) is 26.2. The fourth-order valence-corrected chi connectivity index (χ4v) is 6.06. The third-order valence-corrected chi connectivity index (χ3v) is 8.51. The van der Waals surface area contributed by atoms with Gasteiger partial charge in [-0.25, -0.2) is 14.5 Å². The minimum Gasteiger partial charge on any atom is -0.497 e. The van der Waals surface area contributed by atoms with E-state index in [4.69, 9.17) is 4.74 Å². The number of amides is 3. The van der Waals surface area contributed by atoms with E-state index < -0.39 is 12.4 Å². The summed E-state index contributed by atoms with van der Waals surface area (Å²) in [6, 6.07) is 10.5. The normalized spacial score (nSPS) is 17.4. The Morgan fingerprint density at radius 3 is 2.60 bits per heavy atom. The molecular weight excluding hydrogens is 633 g/mol. The van der Waals surface area contributed by atoms with Crippen LogP contribution in [-0.4, -0.2) is 57.6 Å². The fourth-order valence-electron chi connectivity index (χ4n) is 5.20. The van der Waals surface area contributed by atoms with Gasteiger partial charge in [0.05, 0.1) is 24.2 Å². The first-order valence-electron chi connectivity index (χ1n) is 15.2. The number of allylic oxidation sites excluding steroid dienone is 4. The summed E-state index contributed by atoms with van der Waals surface area (Å²) >= 11 is 1.24. The van der Waals surface area contributed by atoms with Crippen LogP contribution < -0.4 is 19.7 Å². The van der Waals surface area contributed by atoms with Crippen molar-refractivity contribution in [2.75, 3.05) is 24.3 Å². The smallest absolute Gasteiger partial charge is 0.497 e. The highest BCUT2D eigenvalue weighted by atomic mass is 32.2. The van der Waals surface area contributed by atoms with E-state index in [1.165, 1.54) is 57.5 Å². The Bertz CT molecular complexity index is 1680. The summed E-state index contributed by atoms with van der Waals surface area (Å²) < 4.78 is 48.0. The second-order valence-corrected chi connectivity index (χ2v) is 12.2. The van der Waals surface area contributed by atoms with Crippen molar-refractivity contribution in [3.63, 3.8) is 0 Å². The molecule has 5 rings (SSSR count). The number of halogens is 3. The highest BCUT2D eigenvalue weighted by Gasteiger charge is 2.33. The predicted octanol–water partition coefficient (Wildman–Crippen LogP) is 7.28. The van der Waals surface area contributed by atoms with E-state index in [0.29, 0.717) is 34.7 Å². The van der Waals surface area contributed by atoms with Gasteiger partial charge < -0.3 is 14.8 Å². The predicted molar refractivity (Wildman–Crippen MR) is 174 cm³/mol. The second-order valence-electron chi connectivity index (χ2n) is 11.3. The molecule has 248 valence electrons. The first-order valence-corrected chi connectivity index (χ1v) is 16.1. The van der Waals surface area contributed by atoms with Gasteiger partial charge in [0.2, 0.25) is 5.91 Å². The number of carbonyl (C=O) groups excluding carboxylic acids is 2. The molecular formula is C33H35F3N6O4S. The molecule has 1 unspecified atom stereocenters. The van der Waals surface area contributed by atoms with Crippen LogP contribution in [0.25, 0.3) is 5.69 Å². The molecule has 1 aromatic heterocycles. The third kappa shape index (κ3) is 8.82. The van der Waals surface area contributed by atoms with Gasteiger partial charge >= 0.3 is 12.4 Å². The summed E-state index contributed by atoms with van der Waals surface area (Å²) in [5, 5.41) is 7.69. The molecule has 1 aliphatic carbocycles. The van der Waals surface area contributed by atoms with Gasteiger partial charge in [0.25, 0.3) is 0 Å². The van der Waals surface area contributed by atoms with Crippen LogP contribution >= 0.6 is 11.8 Å². The number of unbranched alkanes of at least 4 members (excludes halogenated alkanes) is 1. The van der Waals surface area contributed by atoms with Gasteiger partial charge in [0.15, 0.2) is 11.0 Å². The standard InChI is InChI=1S/C33H35F3N6O4S/c1-21(2)27-16-15-26(45-3)18-28(27)42-29(43)19-47-32(42)39-31(44)37-17-5-4-6-22-7-9-23(10-8-22)30-38-20-41(40-30)24-11-13-25(14-12-24)46-33(34,35)36/h7-9,11-16,18,20-21,23H,4-6,10,17,19H2,1-3H3,(H,37,44)/b39-32-. The van der Waals surface area contributed by atoms with Crippen LogP contribution in [0.15, 0.2) is 77.6 Å². The number of hydrogen-bond donors (Lipinski definition) is 1. The number of nitrogens with zero attached hydrogens (tertiary/aromatic N) is 5. The Morgan fingerprint density at radius 1 is 1.15 bits per heavy atom. The van der Waals surface area contributed by atoms with Crippen molar-refractivity contribution in [1.82, 2.24) is 20.1 Å². The number of carbonyl (C=O) groups is 2. The number of nitrogens with one attached hydrogen (secondary N) is 1. The van der Waals surface area contributed by atoms with E-state index in [0.717, 1.165) is 31.2 Å². The molecule has 0 bridgehead atoms. The monoisotopic (exact) mass is 668 g/mol. The van der Waals surface area contributed by atoms with Crippen molar-refractivity contribution in [1.29, 1.82) is 0 Å². The summed E-state index contributed by atoms with van der Waals surface area (Å²) in [7, 11) is 1.57. The maximum Gasteiger partial charge on any atom is 0.573 e. The van der Waals surface area contributed by atoms with Crippen LogP contribution in [0.5, 0.6) is 11.5 Å². The Morgan fingerprint density at radius 2 is 1.91 bits per heavy atom. The molecule has 1 saturated heterocycles. The lowest BCUT2D eigenvalue weighted by Crippen LogP contribution is -2.32. The van der Waals surface area contributed by atoms with Gasteiger partial charge in [0, 0.05) is 18.5 Å². The zero-order chi connectivity index (χ0) is 33.6. The Balaban J connectivity index is 1.07. The highest BCUT2D eigenvalue weighted by molar-refractivity contribution is 8.15. The quantitative estimate of drug-likeness (QED) is 0.214. The molecule has 47 heavy (non-hydrogen) atoms. The molecule has 0 spiro atoms. The summed E-state index contributed by atoms with van der Waals surface area (Å²) in [5.74, 6) is 1.15. The lowest BCUT2D eigenvalue weighted by atomic mass is 9.94. The Hall–Kier alpha value is -4.59. The topological polar surface area (TPSA) is 111 Å². The summed E-state index contributed by atoms with van der Waals surface area (Å²) in [4.78, 5) is 35.6. The molecule has 1 N–H and O–H groups in total. The van der Waals surface area contributed by atoms with E-state index in [9.17, 15) is 22.8 Å². The minimum atomic E-state index is -4.75. The van der Waals surface area contributed by atoms with Crippen LogP contribution in [0.3, 0.4) is 0 Å². The minimum absolute atomic E-state index is 0.0141. The molecule has 2 aliphatic rings. The molecule has 10 nitrogen and oxygen atoms in total. The SMILES string of the molecule is COc1ccc(C(C)C)c(N2C(=O)CS/C2=N\C(=O)NCCCCC2=CCC(c3ncn(-c4ccc(OC(F)(F)F)cc4)n3)C=C2)c1. The number of anilines is 1. The molecule has 1 atom stereocenters. The van der Waals surface area contributed by atoms with Crippen molar-refractivity contribution in [2.45, 2.75) is 57.7 Å². The average Bonchev–Trinajstić information content (AvgIpc) is 3.67. The number of benzene rings is 2. The van der Waals surface area contributed by atoms with Gasteiger partial charge in [-0.15, -0.1) is 13.2 Å². The molecule has 14 heteroatoms. The van der Waals surface area contributed by atoms with Gasteiger partial charge in [-0.2, -0.15) is 10.1 Å². The van der Waals surface area contributed by atoms with Crippen molar-refractivity contribution < 1.29 is 32.2 Å². The van der Waals surface area contributed by atoms with E-state index in [2.05, 4.69) is 37.3 Å². The number of aromatic nitrogens is 3. The molecule has 3 aromatic rings. The number of rotatable bonds is 11. The van der Waals surface area contributed by atoms with Crippen molar-refractivity contribution in [2.24, 2.45) is 4.99 Å². The first kappa shape index (κ1) is 33.8. The van der Waals surface area contributed by atoms with Crippen molar-refractivity contribution in [3.05, 3.63) is 84.0 Å². The van der Waals surface area contributed by atoms with Gasteiger partial charge in [-0.05, 0) is 67.5 Å². The molecule has 2 heterocycles. The number of methoxy groups -OCH3 is 1. The number of aliphatic imine (C=N–C) groups is 1. The molecule has 2 aromatic carbocycles. The van der Waals surface area contributed by atoms with Crippen LogP contribution in [0.1, 0.15) is 62.8 Å². The van der Waals surface area contributed by atoms with Crippen molar-refractivity contribution in [3.8, 4) is 17.2 Å². The molecule has 3 amide bonds. The first-order chi connectivity index (χ1) is 22.5. The number of urea groups is 1. The van der Waals surface area contributed by atoms with Gasteiger partial charge in [0.1, 0.15) is 17.8 Å². The lowest BCUT2D eigenvalue weighted by Gasteiger charge is -2.22. The average molecular weight is 669 g/mol. The highest BCUT2D eigenvalue weighted by Crippen LogP contribution is 2.36. The Kier molecular flexibility index (Phi) is 10.7.